The van der Waals surface area contributed by atoms with Gasteiger partial charge in [0.2, 0.25) is 10.9 Å². The van der Waals surface area contributed by atoms with Gasteiger partial charge in [-0.1, -0.05) is 51.0 Å². The first kappa shape index (κ1) is 18.2. The van der Waals surface area contributed by atoms with Crippen LogP contribution in [0.5, 0.6) is 0 Å². The molecular formula is C16H17IN6OP+. The number of nitrogens with zero attached hydrogens (tertiary/aromatic N) is 6. The molecule has 0 saturated carbocycles. The molecule has 0 aliphatic rings. The predicted molar refractivity (Wildman–Crippen MR) is 106 cm³/mol. The monoisotopic (exact) mass is 463 g/mol. The Labute approximate surface area is 160 Å². The summed E-state index contributed by atoms with van der Waals surface area (Å²) >= 11 is 2.31. The zero-order chi connectivity index (χ0) is 17.4. The number of alkyl halides is 1. The van der Waals surface area contributed by atoms with Crippen LogP contribution >= 0.6 is 29.9 Å². The summed E-state index contributed by atoms with van der Waals surface area (Å²) in [5.74, 6) is 0. The molecule has 2 aromatic heterocycles. The number of benzene rings is 1. The van der Waals surface area contributed by atoms with E-state index in [0.717, 1.165) is 33.4 Å². The van der Waals surface area contributed by atoms with Crippen LogP contribution in [-0.2, 0) is 4.74 Å². The molecule has 128 valence electrons. The fourth-order valence-corrected chi connectivity index (χ4v) is 6.56. The van der Waals surface area contributed by atoms with E-state index >= 15 is 0 Å². The Kier molecular flexibility index (Phi) is 6.66. The number of halogens is 1. The third kappa shape index (κ3) is 4.13. The van der Waals surface area contributed by atoms with E-state index in [9.17, 15) is 0 Å². The lowest BCUT2D eigenvalue weighted by Crippen LogP contribution is -2.38. The molecule has 0 saturated heterocycles. The van der Waals surface area contributed by atoms with Gasteiger partial charge in [0.05, 0.1) is 25.6 Å². The third-order valence-corrected chi connectivity index (χ3v) is 8.26. The van der Waals surface area contributed by atoms with Gasteiger partial charge in [0.1, 0.15) is 11.5 Å². The highest BCUT2D eigenvalue weighted by Gasteiger charge is 2.49. The molecule has 3 aromatic rings. The Morgan fingerprint density at radius 2 is 1.48 bits per heavy atom. The number of hydrogen-bond donors (Lipinski definition) is 0. The minimum atomic E-state index is -2.15. The highest BCUT2D eigenvalue weighted by Crippen LogP contribution is 2.53. The lowest BCUT2D eigenvalue weighted by atomic mass is 10.4. The first-order valence-electron chi connectivity index (χ1n) is 7.75. The highest BCUT2D eigenvalue weighted by atomic mass is 123. The Hall–Kier alpha value is -1.64. The topological polar surface area (TPSA) is 86.6 Å². The maximum atomic E-state index is 5.80. The second-order valence-electron chi connectivity index (χ2n) is 5.13. The second kappa shape index (κ2) is 9.17. The molecule has 0 N–H and O–H groups in total. The fourth-order valence-electron chi connectivity index (χ4n) is 2.66. The lowest BCUT2D eigenvalue weighted by molar-refractivity contribution is 0.168. The van der Waals surface area contributed by atoms with Gasteiger partial charge in [-0.25, -0.2) is 0 Å². The quantitative estimate of drug-likeness (QED) is 0.212. The molecule has 0 radical (unpaired) electrons. The summed E-state index contributed by atoms with van der Waals surface area (Å²) < 4.78 is 6.75. The number of hydrogen-bond acceptors (Lipinski definition) is 7. The zero-order valence-electron chi connectivity index (χ0n) is 13.4. The molecule has 9 heteroatoms. The Bertz CT molecular complexity index is 669. The van der Waals surface area contributed by atoms with E-state index in [-0.39, 0.29) is 0 Å². The van der Waals surface area contributed by atoms with E-state index in [1.807, 2.05) is 30.3 Å². The van der Waals surface area contributed by atoms with Crippen LogP contribution < -0.4 is 16.2 Å². The molecule has 1 aromatic carbocycles. The average molecular weight is 463 g/mol. The summed E-state index contributed by atoms with van der Waals surface area (Å²) in [4.78, 5) is 0. The van der Waals surface area contributed by atoms with Crippen molar-refractivity contribution in [1.29, 1.82) is 0 Å². The van der Waals surface area contributed by atoms with Gasteiger partial charge in [-0.2, -0.15) is 0 Å². The van der Waals surface area contributed by atoms with E-state index in [1.54, 1.807) is 12.4 Å². The van der Waals surface area contributed by atoms with Gasteiger partial charge in [0.25, 0.3) is 0 Å². The van der Waals surface area contributed by atoms with E-state index in [4.69, 9.17) is 4.74 Å². The van der Waals surface area contributed by atoms with Crippen LogP contribution in [0.1, 0.15) is 0 Å². The molecule has 0 aliphatic heterocycles. The molecule has 0 fully saturated rings. The van der Waals surface area contributed by atoms with Crippen molar-refractivity contribution >= 4 is 46.0 Å². The summed E-state index contributed by atoms with van der Waals surface area (Å²) in [5.41, 5.74) is 1.74. The Morgan fingerprint density at radius 3 is 2.00 bits per heavy atom. The zero-order valence-corrected chi connectivity index (χ0v) is 16.5. The highest BCUT2D eigenvalue weighted by molar-refractivity contribution is 14.1. The lowest BCUT2D eigenvalue weighted by Gasteiger charge is -2.23. The number of ether oxygens (including phenoxy) is 1. The molecule has 0 amide bonds. The minimum Gasteiger partial charge on any atom is -0.377 e. The van der Waals surface area contributed by atoms with Gasteiger partial charge in [-0.3, -0.25) is 0 Å². The van der Waals surface area contributed by atoms with E-state index < -0.39 is 7.26 Å². The third-order valence-electron chi connectivity index (χ3n) is 3.75. The summed E-state index contributed by atoms with van der Waals surface area (Å²) in [6.07, 6.45) is 4.10. The molecule has 0 atom stereocenters. The molecule has 3 rings (SSSR count). The van der Waals surface area contributed by atoms with Crippen LogP contribution in [0.2, 0.25) is 0 Å². The van der Waals surface area contributed by atoms with E-state index in [0.29, 0.717) is 6.61 Å². The maximum Gasteiger partial charge on any atom is 0.218 e. The molecule has 25 heavy (non-hydrogen) atoms. The van der Waals surface area contributed by atoms with Crippen LogP contribution in [0.15, 0.2) is 54.9 Å². The second-order valence-corrected chi connectivity index (χ2v) is 9.71. The summed E-state index contributed by atoms with van der Waals surface area (Å²) in [5, 5.41) is 25.3. The first-order valence-corrected chi connectivity index (χ1v) is 11.2. The summed E-state index contributed by atoms with van der Waals surface area (Å²) in [6.45, 7) is 1.33. The van der Waals surface area contributed by atoms with Gasteiger partial charge in [-0.15, -0.1) is 10.2 Å². The molecule has 0 bridgehead atoms. The average Bonchev–Trinajstić information content (AvgIpc) is 2.70. The fraction of sp³-hybridized carbons (Fsp3) is 0.250. The Morgan fingerprint density at radius 1 is 0.840 bits per heavy atom. The standard InChI is InChI=1S/C16H17IN6OP/c17-8-11-24-12-13-25(14-4-2-1-3-5-14,15-6-9-18-22-20-15)16-7-10-19-23-21-16/h1-7,9-10H,8,11-13H2/q+1/i17-4. The van der Waals surface area contributed by atoms with E-state index in [2.05, 4.69) is 65.5 Å². The molecule has 0 unspecified atom stereocenters. The normalized spacial score (nSPS) is 11.4. The Balaban J connectivity index is 2.13. The van der Waals surface area contributed by atoms with Crippen molar-refractivity contribution in [2.75, 3.05) is 23.8 Å². The van der Waals surface area contributed by atoms with Crippen LogP contribution in [0.4, 0.5) is 0 Å². The van der Waals surface area contributed by atoms with Crippen molar-refractivity contribution < 1.29 is 4.74 Å². The van der Waals surface area contributed by atoms with Crippen molar-refractivity contribution in [3.8, 4) is 0 Å². The largest absolute Gasteiger partial charge is 0.377 e. The SMILES string of the molecule is [123I]CCOCC[P+](c1ccccc1)(c1ccnnn1)c1ccnnn1. The van der Waals surface area contributed by atoms with Crippen LogP contribution in [0.3, 0.4) is 0 Å². The van der Waals surface area contributed by atoms with Gasteiger partial charge >= 0.3 is 0 Å². The van der Waals surface area contributed by atoms with Crippen molar-refractivity contribution in [1.82, 2.24) is 30.8 Å². The van der Waals surface area contributed by atoms with Crippen molar-refractivity contribution in [2.45, 2.75) is 0 Å². The van der Waals surface area contributed by atoms with Gasteiger partial charge in [0, 0.05) is 16.6 Å². The number of rotatable bonds is 8. The molecular weight excluding hydrogens is 446 g/mol. The van der Waals surface area contributed by atoms with Crippen molar-refractivity contribution in [3.63, 3.8) is 0 Å². The maximum absolute atomic E-state index is 5.80. The first-order chi connectivity index (χ1) is 12.4. The molecule has 7 nitrogen and oxygen atoms in total. The summed E-state index contributed by atoms with van der Waals surface area (Å²) in [6, 6.07) is 14.1. The van der Waals surface area contributed by atoms with Crippen molar-refractivity contribution in [2.24, 2.45) is 0 Å². The molecule has 0 aliphatic carbocycles. The van der Waals surface area contributed by atoms with Crippen molar-refractivity contribution in [3.05, 3.63) is 54.9 Å². The van der Waals surface area contributed by atoms with Crippen LogP contribution in [0.25, 0.3) is 0 Å². The molecule has 2 heterocycles. The predicted octanol–water partition coefficient (Wildman–Crippen LogP) is 0.802. The van der Waals surface area contributed by atoms with E-state index in [1.165, 1.54) is 0 Å². The van der Waals surface area contributed by atoms with Crippen LogP contribution in [-0.4, -0.2) is 54.6 Å². The molecule has 0 spiro atoms. The van der Waals surface area contributed by atoms with Gasteiger partial charge in [-0.05, 0) is 22.6 Å². The summed E-state index contributed by atoms with van der Waals surface area (Å²) in [7, 11) is -2.15. The van der Waals surface area contributed by atoms with Gasteiger partial charge in [0.15, 0.2) is 7.26 Å². The van der Waals surface area contributed by atoms with Gasteiger partial charge < -0.3 is 4.74 Å². The smallest absolute Gasteiger partial charge is 0.218 e. The van der Waals surface area contributed by atoms with Crippen LogP contribution in [0, 0.1) is 0 Å². The number of aromatic nitrogens is 6. The minimum absolute atomic E-state index is 0.611.